The summed E-state index contributed by atoms with van der Waals surface area (Å²) in [6, 6.07) is 5.67. The van der Waals surface area contributed by atoms with Crippen LogP contribution in [-0.4, -0.2) is 27.1 Å². The third-order valence-electron chi connectivity index (χ3n) is 2.56. The topological polar surface area (TPSA) is 30.5 Å². The monoisotopic (exact) mass is 277 g/mol. The summed E-state index contributed by atoms with van der Waals surface area (Å²) >= 11 is 12.1. The van der Waals surface area contributed by atoms with E-state index in [1.165, 1.54) is 0 Å². The van der Waals surface area contributed by atoms with Crippen molar-refractivity contribution in [3.05, 3.63) is 33.8 Å². The smallest absolute Gasteiger partial charge is 0.169 e. The van der Waals surface area contributed by atoms with Gasteiger partial charge in [-0.25, -0.2) is 0 Å². The van der Waals surface area contributed by atoms with Crippen LogP contribution < -0.4 is 5.32 Å². The summed E-state index contributed by atoms with van der Waals surface area (Å²) in [6.07, 6.45) is -0.268. The molecule has 1 aromatic rings. The van der Waals surface area contributed by atoms with Crippen molar-refractivity contribution in [1.29, 1.82) is 0 Å². The minimum absolute atomic E-state index is 0.0778. The van der Waals surface area contributed by atoms with Crippen molar-refractivity contribution in [2.45, 2.75) is 19.3 Å². The van der Waals surface area contributed by atoms with E-state index in [1.807, 2.05) is 19.1 Å². The van der Waals surface area contributed by atoms with Crippen LogP contribution in [-0.2, 0) is 9.47 Å². The van der Waals surface area contributed by atoms with E-state index in [4.69, 9.17) is 32.7 Å². The average Bonchev–Trinajstić information content (AvgIpc) is 2.33. The SMILES string of the molecule is COC(CNC(C)c1cccc(Cl)c1Cl)OC. The lowest BCUT2D eigenvalue weighted by atomic mass is 10.1. The fourth-order valence-electron chi connectivity index (χ4n) is 1.50. The highest BCUT2D eigenvalue weighted by molar-refractivity contribution is 6.42. The van der Waals surface area contributed by atoms with Crippen molar-refractivity contribution in [2.24, 2.45) is 0 Å². The number of methoxy groups -OCH3 is 2. The number of hydrogen-bond acceptors (Lipinski definition) is 3. The fourth-order valence-corrected chi connectivity index (χ4v) is 1.97. The molecule has 3 nitrogen and oxygen atoms in total. The van der Waals surface area contributed by atoms with Crippen LogP contribution in [0.4, 0.5) is 0 Å². The lowest BCUT2D eigenvalue weighted by molar-refractivity contribution is -0.0997. The van der Waals surface area contributed by atoms with Crippen molar-refractivity contribution in [2.75, 3.05) is 20.8 Å². The van der Waals surface area contributed by atoms with Crippen molar-refractivity contribution >= 4 is 23.2 Å². The standard InChI is InChI=1S/C12H17Cl2NO2/c1-8(15-7-11(16-2)17-3)9-5-4-6-10(13)12(9)14/h4-6,8,11,15H,7H2,1-3H3. The van der Waals surface area contributed by atoms with Gasteiger partial charge in [-0.1, -0.05) is 35.3 Å². The van der Waals surface area contributed by atoms with Gasteiger partial charge in [-0.15, -0.1) is 0 Å². The Bertz CT molecular complexity index is 356. The van der Waals surface area contributed by atoms with Gasteiger partial charge in [0.2, 0.25) is 0 Å². The van der Waals surface area contributed by atoms with Gasteiger partial charge in [0.1, 0.15) is 0 Å². The zero-order valence-corrected chi connectivity index (χ0v) is 11.7. The summed E-state index contributed by atoms with van der Waals surface area (Å²) < 4.78 is 10.2. The minimum atomic E-state index is -0.268. The van der Waals surface area contributed by atoms with Gasteiger partial charge in [-0.3, -0.25) is 0 Å². The lowest BCUT2D eigenvalue weighted by Gasteiger charge is -2.20. The molecule has 0 aliphatic heterocycles. The van der Waals surface area contributed by atoms with Crippen molar-refractivity contribution in [1.82, 2.24) is 5.32 Å². The molecule has 1 N–H and O–H groups in total. The van der Waals surface area contributed by atoms with E-state index in [0.717, 1.165) is 5.56 Å². The third-order valence-corrected chi connectivity index (χ3v) is 3.40. The van der Waals surface area contributed by atoms with E-state index in [9.17, 15) is 0 Å². The van der Waals surface area contributed by atoms with Crippen LogP contribution in [0.25, 0.3) is 0 Å². The summed E-state index contributed by atoms with van der Waals surface area (Å²) in [5.74, 6) is 0. The molecule has 1 atom stereocenters. The molecule has 1 aromatic carbocycles. The van der Waals surface area contributed by atoms with Crippen LogP contribution in [0.5, 0.6) is 0 Å². The quantitative estimate of drug-likeness (QED) is 0.810. The van der Waals surface area contributed by atoms with Crippen LogP contribution in [0.3, 0.4) is 0 Å². The highest BCUT2D eigenvalue weighted by Gasteiger charge is 2.13. The molecule has 0 radical (unpaired) electrons. The maximum atomic E-state index is 6.14. The Morgan fingerprint density at radius 1 is 1.24 bits per heavy atom. The molecule has 96 valence electrons. The molecule has 0 amide bonds. The van der Waals surface area contributed by atoms with Gasteiger partial charge in [0.25, 0.3) is 0 Å². The van der Waals surface area contributed by atoms with Crippen LogP contribution >= 0.6 is 23.2 Å². The molecule has 0 aromatic heterocycles. The first-order valence-electron chi connectivity index (χ1n) is 5.33. The summed E-state index contributed by atoms with van der Waals surface area (Å²) in [7, 11) is 3.21. The van der Waals surface area contributed by atoms with Gasteiger partial charge in [0.05, 0.1) is 10.0 Å². The van der Waals surface area contributed by atoms with E-state index >= 15 is 0 Å². The van der Waals surface area contributed by atoms with Gasteiger partial charge >= 0.3 is 0 Å². The Morgan fingerprint density at radius 3 is 2.47 bits per heavy atom. The first-order valence-corrected chi connectivity index (χ1v) is 6.08. The second-order valence-electron chi connectivity index (χ2n) is 3.67. The molecule has 17 heavy (non-hydrogen) atoms. The minimum Gasteiger partial charge on any atom is -0.355 e. The molecule has 0 saturated heterocycles. The summed E-state index contributed by atoms with van der Waals surface area (Å²) in [5.41, 5.74) is 0.963. The number of halogens is 2. The molecule has 1 rings (SSSR count). The second-order valence-corrected chi connectivity index (χ2v) is 4.46. The van der Waals surface area contributed by atoms with Gasteiger partial charge < -0.3 is 14.8 Å². The van der Waals surface area contributed by atoms with Crippen LogP contribution in [0.1, 0.15) is 18.5 Å². The first-order chi connectivity index (χ1) is 8.10. The van der Waals surface area contributed by atoms with E-state index < -0.39 is 0 Å². The molecular weight excluding hydrogens is 261 g/mol. The molecule has 0 aliphatic rings. The Kier molecular flexibility index (Phi) is 6.23. The van der Waals surface area contributed by atoms with Crippen molar-refractivity contribution in [3.8, 4) is 0 Å². The number of ether oxygens (including phenoxy) is 2. The Morgan fingerprint density at radius 2 is 1.88 bits per heavy atom. The summed E-state index contributed by atoms with van der Waals surface area (Å²) in [4.78, 5) is 0. The fraction of sp³-hybridized carbons (Fsp3) is 0.500. The molecular formula is C12H17Cl2NO2. The Hall–Kier alpha value is -0.320. The normalized spacial score (nSPS) is 13.1. The van der Waals surface area contributed by atoms with Gasteiger partial charge in [-0.05, 0) is 18.6 Å². The predicted octanol–water partition coefficient (Wildman–Crippen LogP) is 3.26. The zero-order valence-electron chi connectivity index (χ0n) is 10.2. The first kappa shape index (κ1) is 14.7. The zero-order chi connectivity index (χ0) is 12.8. The van der Waals surface area contributed by atoms with Crippen LogP contribution in [0.2, 0.25) is 10.0 Å². The molecule has 0 fully saturated rings. The number of nitrogens with one attached hydrogen (secondary N) is 1. The Balaban J connectivity index is 2.63. The number of hydrogen-bond donors (Lipinski definition) is 1. The number of rotatable bonds is 6. The van der Waals surface area contributed by atoms with E-state index in [-0.39, 0.29) is 12.3 Å². The van der Waals surface area contributed by atoms with E-state index in [1.54, 1.807) is 20.3 Å². The van der Waals surface area contributed by atoms with Gasteiger partial charge in [0, 0.05) is 26.8 Å². The Labute approximate surface area is 112 Å². The third kappa shape index (κ3) is 4.12. The lowest BCUT2D eigenvalue weighted by Crippen LogP contribution is -2.31. The van der Waals surface area contributed by atoms with Crippen molar-refractivity contribution < 1.29 is 9.47 Å². The average molecular weight is 278 g/mol. The maximum absolute atomic E-state index is 6.14. The van der Waals surface area contributed by atoms with Crippen LogP contribution in [0.15, 0.2) is 18.2 Å². The molecule has 5 heteroatoms. The predicted molar refractivity (Wildman–Crippen MR) is 70.7 cm³/mol. The van der Waals surface area contributed by atoms with Crippen LogP contribution in [0, 0.1) is 0 Å². The molecule has 0 heterocycles. The molecule has 0 saturated carbocycles. The highest BCUT2D eigenvalue weighted by atomic mass is 35.5. The number of benzene rings is 1. The van der Waals surface area contributed by atoms with Gasteiger partial charge in [0.15, 0.2) is 6.29 Å². The second kappa shape index (κ2) is 7.19. The molecule has 1 unspecified atom stereocenters. The summed E-state index contributed by atoms with van der Waals surface area (Å²) in [5, 5.41) is 4.42. The molecule has 0 spiro atoms. The molecule has 0 aliphatic carbocycles. The highest BCUT2D eigenvalue weighted by Crippen LogP contribution is 2.29. The maximum Gasteiger partial charge on any atom is 0.169 e. The van der Waals surface area contributed by atoms with E-state index in [0.29, 0.717) is 16.6 Å². The van der Waals surface area contributed by atoms with Crippen molar-refractivity contribution in [3.63, 3.8) is 0 Å². The van der Waals surface area contributed by atoms with Gasteiger partial charge in [-0.2, -0.15) is 0 Å². The molecule has 0 bridgehead atoms. The summed E-state index contributed by atoms with van der Waals surface area (Å²) in [6.45, 7) is 2.59. The largest absolute Gasteiger partial charge is 0.355 e. The van der Waals surface area contributed by atoms with E-state index in [2.05, 4.69) is 5.32 Å².